The minimum Gasteiger partial charge on any atom is -0.481 e. The first-order valence-corrected chi connectivity index (χ1v) is 7.03. The van der Waals surface area contributed by atoms with E-state index in [4.69, 9.17) is 0 Å². The Balaban J connectivity index is 2.10. The first-order valence-electron chi connectivity index (χ1n) is 6.24. The number of nitrogens with one attached hydrogen (secondary N) is 1. The van der Waals surface area contributed by atoms with E-state index >= 15 is 0 Å². The Bertz CT molecular complexity index is 493. The van der Waals surface area contributed by atoms with Crippen LogP contribution in [0.1, 0.15) is 25.7 Å². The molecular weight excluding hydrogens is 312 g/mol. The number of hydrogen-bond acceptors (Lipinski definition) is 3. The van der Waals surface area contributed by atoms with Crippen LogP contribution in [0.5, 0.6) is 0 Å². The molecule has 2 atom stereocenters. The average molecular weight is 327 g/mol. The van der Waals surface area contributed by atoms with Crippen LogP contribution in [-0.2, 0) is 9.59 Å². The van der Waals surface area contributed by atoms with Crippen molar-refractivity contribution < 1.29 is 14.7 Å². The summed E-state index contributed by atoms with van der Waals surface area (Å²) in [5, 5.41) is 11.9. The molecule has 1 aliphatic rings. The highest BCUT2D eigenvalue weighted by Gasteiger charge is 2.35. The molecule has 1 heterocycles. The van der Waals surface area contributed by atoms with Crippen molar-refractivity contribution >= 4 is 33.5 Å². The third kappa shape index (κ3) is 3.32. The van der Waals surface area contributed by atoms with Crippen molar-refractivity contribution in [2.24, 2.45) is 11.8 Å². The van der Waals surface area contributed by atoms with Gasteiger partial charge in [0.05, 0.1) is 17.5 Å². The number of pyridine rings is 1. The Morgan fingerprint density at radius 1 is 1.32 bits per heavy atom. The molecule has 19 heavy (non-hydrogen) atoms. The van der Waals surface area contributed by atoms with Crippen molar-refractivity contribution in [2.45, 2.75) is 25.7 Å². The summed E-state index contributed by atoms with van der Waals surface area (Å²) in [6.45, 7) is 0. The number of hydrogen-bond donors (Lipinski definition) is 2. The van der Waals surface area contributed by atoms with Crippen LogP contribution in [-0.4, -0.2) is 22.0 Å². The molecule has 1 aromatic heterocycles. The van der Waals surface area contributed by atoms with Crippen LogP contribution in [0.25, 0.3) is 0 Å². The molecule has 6 heteroatoms. The SMILES string of the molecule is O=C(O)[C@H]1CCCC[C@H]1C(=O)Nc1cccnc1Br. The number of carboxylic acids is 1. The van der Waals surface area contributed by atoms with E-state index in [0.29, 0.717) is 23.1 Å². The molecule has 1 saturated carbocycles. The number of anilines is 1. The topological polar surface area (TPSA) is 79.3 Å². The number of carboxylic acid groups (broad SMARTS) is 1. The second-order valence-corrected chi connectivity index (χ2v) is 5.42. The van der Waals surface area contributed by atoms with Crippen LogP contribution in [0.4, 0.5) is 5.69 Å². The minimum absolute atomic E-state index is 0.235. The average Bonchev–Trinajstić information content (AvgIpc) is 2.41. The van der Waals surface area contributed by atoms with Crippen molar-refractivity contribution in [3.8, 4) is 0 Å². The third-order valence-electron chi connectivity index (χ3n) is 3.44. The monoisotopic (exact) mass is 326 g/mol. The normalized spacial score (nSPS) is 22.8. The maximum absolute atomic E-state index is 12.2. The molecule has 0 spiro atoms. The van der Waals surface area contributed by atoms with Crippen molar-refractivity contribution in [3.63, 3.8) is 0 Å². The predicted octanol–water partition coefficient (Wildman–Crippen LogP) is 2.67. The lowest BCUT2D eigenvalue weighted by molar-refractivity contribution is -0.147. The zero-order chi connectivity index (χ0) is 13.8. The van der Waals surface area contributed by atoms with Gasteiger partial charge in [0.1, 0.15) is 4.60 Å². The molecule has 1 aliphatic carbocycles. The summed E-state index contributed by atoms with van der Waals surface area (Å²) in [4.78, 5) is 27.4. The summed E-state index contributed by atoms with van der Waals surface area (Å²) in [5.41, 5.74) is 0.571. The summed E-state index contributed by atoms with van der Waals surface area (Å²) in [6, 6.07) is 3.45. The van der Waals surface area contributed by atoms with E-state index in [1.807, 2.05) is 0 Å². The van der Waals surface area contributed by atoms with Gasteiger partial charge in [-0.1, -0.05) is 12.8 Å². The summed E-state index contributed by atoms with van der Waals surface area (Å²) >= 11 is 3.25. The standard InChI is InChI=1S/C13H15BrN2O3/c14-11-10(6-3-7-15-11)16-12(17)8-4-1-2-5-9(8)13(18)19/h3,6-9H,1-2,4-5H2,(H,16,17)(H,18,19)/t8-,9+/m1/s1. The Hall–Kier alpha value is -1.43. The fourth-order valence-corrected chi connectivity index (χ4v) is 2.79. The molecule has 1 fully saturated rings. The van der Waals surface area contributed by atoms with Crippen molar-refractivity contribution in [1.82, 2.24) is 4.98 Å². The van der Waals surface area contributed by atoms with E-state index in [-0.39, 0.29) is 5.91 Å². The summed E-state index contributed by atoms with van der Waals surface area (Å²) in [5.74, 6) is -2.16. The molecule has 1 amide bonds. The number of halogens is 1. The summed E-state index contributed by atoms with van der Waals surface area (Å²) in [7, 11) is 0. The highest BCUT2D eigenvalue weighted by molar-refractivity contribution is 9.10. The molecule has 2 N–H and O–H groups in total. The van der Waals surface area contributed by atoms with Crippen molar-refractivity contribution in [3.05, 3.63) is 22.9 Å². The molecule has 0 aromatic carbocycles. The van der Waals surface area contributed by atoms with Gasteiger partial charge in [-0.15, -0.1) is 0 Å². The van der Waals surface area contributed by atoms with Gasteiger partial charge in [-0.3, -0.25) is 9.59 Å². The van der Waals surface area contributed by atoms with Crippen LogP contribution < -0.4 is 5.32 Å². The first-order chi connectivity index (χ1) is 9.09. The van der Waals surface area contributed by atoms with E-state index in [2.05, 4.69) is 26.2 Å². The fourth-order valence-electron chi connectivity index (χ4n) is 2.44. The van der Waals surface area contributed by atoms with Gasteiger partial charge in [0.25, 0.3) is 0 Å². The van der Waals surface area contributed by atoms with Gasteiger partial charge in [0, 0.05) is 6.20 Å². The number of rotatable bonds is 3. The smallest absolute Gasteiger partial charge is 0.307 e. The highest BCUT2D eigenvalue weighted by Crippen LogP contribution is 2.31. The Labute approximate surface area is 119 Å². The molecule has 2 rings (SSSR count). The van der Waals surface area contributed by atoms with E-state index in [1.165, 1.54) is 0 Å². The molecule has 0 bridgehead atoms. The maximum Gasteiger partial charge on any atom is 0.307 e. The Morgan fingerprint density at radius 2 is 2.00 bits per heavy atom. The lowest BCUT2D eigenvalue weighted by Crippen LogP contribution is -2.36. The quantitative estimate of drug-likeness (QED) is 0.837. The number of amides is 1. The zero-order valence-electron chi connectivity index (χ0n) is 10.3. The Kier molecular flexibility index (Phi) is 4.52. The zero-order valence-corrected chi connectivity index (χ0v) is 11.9. The second-order valence-electron chi connectivity index (χ2n) is 4.67. The Morgan fingerprint density at radius 3 is 2.63 bits per heavy atom. The molecule has 0 radical (unpaired) electrons. The number of aliphatic carboxylic acids is 1. The van der Waals surface area contributed by atoms with Crippen LogP contribution in [0.3, 0.4) is 0 Å². The van der Waals surface area contributed by atoms with Gasteiger partial charge in [-0.2, -0.15) is 0 Å². The number of carbonyl (C=O) groups excluding carboxylic acids is 1. The third-order valence-corrected chi connectivity index (χ3v) is 4.07. The van der Waals surface area contributed by atoms with Crippen LogP contribution in [0, 0.1) is 11.8 Å². The largest absolute Gasteiger partial charge is 0.481 e. The van der Waals surface area contributed by atoms with Gasteiger partial charge in [0.15, 0.2) is 0 Å². The molecule has 0 unspecified atom stereocenters. The number of aromatic nitrogens is 1. The van der Waals surface area contributed by atoms with E-state index in [1.54, 1.807) is 18.3 Å². The van der Waals surface area contributed by atoms with Crippen molar-refractivity contribution in [2.75, 3.05) is 5.32 Å². The highest BCUT2D eigenvalue weighted by atomic mass is 79.9. The molecular formula is C13H15BrN2O3. The van der Waals surface area contributed by atoms with Crippen LogP contribution >= 0.6 is 15.9 Å². The minimum atomic E-state index is -0.884. The maximum atomic E-state index is 12.2. The van der Waals surface area contributed by atoms with E-state index in [0.717, 1.165) is 12.8 Å². The molecule has 102 valence electrons. The van der Waals surface area contributed by atoms with Crippen LogP contribution in [0.15, 0.2) is 22.9 Å². The molecule has 5 nitrogen and oxygen atoms in total. The van der Waals surface area contributed by atoms with E-state index < -0.39 is 17.8 Å². The van der Waals surface area contributed by atoms with Crippen LogP contribution in [0.2, 0.25) is 0 Å². The summed E-state index contributed by atoms with van der Waals surface area (Å²) in [6.07, 6.45) is 4.58. The van der Waals surface area contributed by atoms with Gasteiger partial charge in [-0.25, -0.2) is 4.98 Å². The van der Waals surface area contributed by atoms with E-state index in [9.17, 15) is 14.7 Å². The fraction of sp³-hybridized carbons (Fsp3) is 0.462. The first kappa shape index (κ1) is 14.0. The van der Waals surface area contributed by atoms with Gasteiger partial charge in [0.2, 0.25) is 5.91 Å². The lowest BCUT2D eigenvalue weighted by Gasteiger charge is -2.27. The summed E-state index contributed by atoms with van der Waals surface area (Å²) < 4.78 is 0.547. The predicted molar refractivity (Wildman–Crippen MR) is 73.7 cm³/mol. The molecule has 0 saturated heterocycles. The van der Waals surface area contributed by atoms with Gasteiger partial charge < -0.3 is 10.4 Å². The molecule has 0 aliphatic heterocycles. The number of nitrogens with zero attached hydrogens (tertiary/aromatic N) is 1. The van der Waals surface area contributed by atoms with Crippen molar-refractivity contribution in [1.29, 1.82) is 0 Å². The van der Waals surface area contributed by atoms with Gasteiger partial charge in [-0.05, 0) is 40.9 Å². The molecule has 1 aromatic rings. The number of carbonyl (C=O) groups is 2. The second kappa shape index (κ2) is 6.14. The van der Waals surface area contributed by atoms with Gasteiger partial charge >= 0.3 is 5.97 Å². The lowest BCUT2D eigenvalue weighted by atomic mass is 9.78.